The first-order valence-electron chi connectivity index (χ1n) is 3.95. The van der Waals surface area contributed by atoms with Crippen LogP contribution in [0.5, 0.6) is 0 Å². The zero-order chi connectivity index (χ0) is 9.40. The molecule has 0 amide bonds. The van der Waals surface area contributed by atoms with Gasteiger partial charge in [-0.25, -0.2) is 0 Å². The minimum Gasteiger partial charge on any atom is -0.185 e. The Morgan fingerprint density at radius 3 is 2.08 bits per heavy atom. The van der Waals surface area contributed by atoms with Crippen LogP contribution in [0.4, 0.5) is 0 Å². The van der Waals surface area contributed by atoms with Gasteiger partial charge in [-0.2, -0.15) is 5.26 Å². The van der Waals surface area contributed by atoms with E-state index in [1.807, 2.05) is 50.4 Å². The minimum atomic E-state index is 1.01. The Labute approximate surface area is 78.4 Å². The predicted molar refractivity (Wildman–Crippen MR) is 54.0 cm³/mol. The quantitative estimate of drug-likeness (QED) is 0.486. The van der Waals surface area contributed by atoms with E-state index in [0.29, 0.717) is 0 Å². The van der Waals surface area contributed by atoms with Gasteiger partial charge in [-0.15, -0.1) is 0 Å². The van der Waals surface area contributed by atoms with Crippen LogP contribution in [0.3, 0.4) is 0 Å². The number of hydrogen-bond acceptors (Lipinski definition) is 2. The van der Waals surface area contributed by atoms with Gasteiger partial charge >= 0.3 is 0 Å². The van der Waals surface area contributed by atoms with E-state index < -0.39 is 0 Å². The average Bonchev–Trinajstić information content (AvgIpc) is 2.13. The van der Waals surface area contributed by atoms with E-state index in [1.165, 1.54) is 17.3 Å². The number of benzene rings is 1. The molecule has 0 aromatic heterocycles. The van der Waals surface area contributed by atoms with Crippen LogP contribution in [-0.2, 0) is 0 Å². The molecule has 0 fully saturated rings. The summed E-state index contributed by atoms with van der Waals surface area (Å²) >= 11 is 1.19. The summed E-state index contributed by atoms with van der Waals surface area (Å²) in [6.45, 7) is 6.03. The highest BCUT2D eigenvalue weighted by molar-refractivity contribution is 8.03. The molecule has 0 aliphatic heterocycles. The first-order chi connectivity index (χ1) is 5.83. The standard InChI is InChI=1S/C8H7NS.C2H6/c1-7-2-4-8(5-3-7)10-6-9;1-2/h2-5H,1H3;1-2H3. The van der Waals surface area contributed by atoms with Gasteiger partial charge in [0.05, 0.1) is 0 Å². The lowest BCUT2D eigenvalue weighted by Gasteiger charge is -1.92. The second-order valence-corrected chi connectivity index (χ2v) is 2.86. The molecule has 0 saturated heterocycles. The third kappa shape index (κ3) is 4.05. The number of aryl methyl sites for hydroxylation is 1. The summed E-state index contributed by atoms with van der Waals surface area (Å²) in [5, 5.41) is 10.3. The van der Waals surface area contributed by atoms with Gasteiger partial charge in [-0.05, 0) is 30.8 Å². The summed E-state index contributed by atoms with van der Waals surface area (Å²) in [5.74, 6) is 0. The van der Waals surface area contributed by atoms with Gasteiger partial charge in [0.15, 0.2) is 0 Å². The van der Waals surface area contributed by atoms with Crippen molar-refractivity contribution in [2.45, 2.75) is 25.7 Å². The molecule has 1 aromatic carbocycles. The van der Waals surface area contributed by atoms with Crippen LogP contribution in [0, 0.1) is 17.6 Å². The first kappa shape index (κ1) is 11.1. The normalized spacial score (nSPS) is 7.83. The fourth-order valence-electron chi connectivity index (χ4n) is 0.659. The Hall–Kier alpha value is -0.940. The molecule has 0 atom stereocenters. The maximum absolute atomic E-state index is 8.30. The van der Waals surface area contributed by atoms with E-state index in [0.717, 1.165) is 4.90 Å². The summed E-state index contributed by atoms with van der Waals surface area (Å²) in [4.78, 5) is 1.01. The number of rotatable bonds is 1. The van der Waals surface area contributed by atoms with Crippen molar-refractivity contribution in [2.24, 2.45) is 0 Å². The van der Waals surface area contributed by atoms with Crippen molar-refractivity contribution in [3.05, 3.63) is 29.8 Å². The van der Waals surface area contributed by atoms with Crippen molar-refractivity contribution in [2.75, 3.05) is 0 Å². The lowest BCUT2D eigenvalue weighted by Crippen LogP contribution is -1.70. The Morgan fingerprint density at radius 1 is 1.17 bits per heavy atom. The van der Waals surface area contributed by atoms with Gasteiger partial charge in [0, 0.05) is 4.90 Å². The van der Waals surface area contributed by atoms with Gasteiger partial charge in [-0.3, -0.25) is 0 Å². The Kier molecular flexibility index (Phi) is 6.22. The van der Waals surface area contributed by atoms with Crippen molar-refractivity contribution in [3.8, 4) is 5.40 Å². The van der Waals surface area contributed by atoms with Crippen LogP contribution in [0.15, 0.2) is 29.2 Å². The van der Waals surface area contributed by atoms with E-state index in [1.54, 1.807) is 0 Å². The second-order valence-electron chi connectivity index (χ2n) is 2.01. The molecular formula is C10H13NS. The van der Waals surface area contributed by atoms with Crippen molar-refractivity contribution >= 4 is 11.8 Å². The van der Waals surface area contributed by atoms with E-state index >= 15 is 0 Å². The molecule has 64 valence electrons. The van der Waals surface area contributed by atoms with Gasteiger partial charge in [0.25, 0.3) is 0 Å². The summed E-state index contributed by atoms with van der Waals surface area (Å²) in [5.41, 5.74) is 1.22. The van der Waals surface area contributed by atoms with E-state index in [-0.39, 0.29) is 0 Å². The van der Waals surface area contributed by atoms with Crippen LogP contribution >= 0.6 is 11.8 Å². The minimum absolute atomic E-state index is 1.01. The molecule has 1 rings (SSSR count). The second kappa shape index (κ2) is 6.75. The number of thioether (sulfide) groups is 1. The summed E-state index contributed by atoms with van der Waals surface area (Å²) in [6, 6.07) is 7.89. The van der Waals surface area contributed by atoms with Crippen molar-refractivity contribution in [1.29, 1.82) is 5.26 Å². The highest BCUT2D eigenvalue weighted by atomic mass is 32.2. The SMILES string of the molecule is CC.Cc1ccc(SC#N)cc1. The van der Waals surface area contributed by atoms with Crippen LogP contribution in [0.25, 0.3) is 0 Å². The van der Waals surface area contributed by atoms with Gasteiger partial charge < -0.3 is 0 Å². The molecular weight excluding hydrogens is 166 g/mol. The maximum atomic E-state index is 8.30. The molecule has 0 unspecified atom stereocenters. The molecule has 0 radical (unpaired) electrons. The smallest absolute Gasteiger partial charge is 0.138 e. The molecule has 0 aliphatic rings. The number of nitriles is 1. The lowest BCUT2D eigenvalue weighted by atomic mass is 10.2. The van der Waals surface area contributed by atoms with Crippen molar-refractivity contribution in [1.82, 2.24) is 0 Å². The zero-order valence-electron chi connectivity index (χ0n) is 7.66. The Balaban J connectivity index is 0.000000561. The maximum Gasteiger partial charge on any atom is 0.138 e. The highest BCUT2D eigenvalue weighted by Crippen LogP contribution is 2.15. The monoisotopic (exact) mass is 179 g/mol. The number of hydrogen-bond donors (Lipinski definition) is 0. The van der Waals surface area contributed by atoms with Crippen molar-refractivity contribution < 1.29 is 0 Å². The molecule has 1 aromatic rings. The van der Waals surface area contributed by atoms with Crippen LogP contribution < -0.4 is 0 Å². The van der Waals surface area contributed by atoms with E-state index in [2.05, 4.69) is 0 Å². The molecule has 0 saturated carbocycles. The molecule has 1 nitrogen and oxygen atoms in total. The zero-order valence-corrected chi connectivity index (χ0v) is 8.48. The van der Waals surface area contributed by atoms with Crippen molar-refractivity contribution in [3.63, 3.8) is 0 Å². The van der Waals surface area contributed by atoms with E-state index in [4.69, 9.17) is 5.26 Å². The third-order valence-corrected chi connectivity index (χ3v) is 1.78. The third-order valence-electron chi connectivity index (χ3n) is 1.18. The summed E-state index contributed by atoms with van der Waals surface area (Å²) in [6.07, 6.45) is 0. The number of nitrogens with zero attached hydrogens (tertiary/aromatic N) is 1. The van der Waals surface area contributed by atoms with Crippen LogP contribution in [0.1, 0.15) is 19.4 Å². The predicted octanol–water partition coefficient (Wildman–Crippen LogP) is 3.59. The van der Waals surface area contributed by atoms with E-state index in [9.17, 15) is 0 Å². The fraction of sp³-hybridized carbons (Fsp3) is 0.300. The van der Waals surface area contributed by atoms with Crippen LogP contribution in [-0.4, -0.2) is 0 Å². The Morgan fingerprint density at radius 2 is 1.67 bits per heavy atom. The molecule has 0 heterocycles. The molecule has 0 aliphatic carbocycles. The molecule has 0 bridgehead atoms. The first-order valence-corrected chi connectivity index (χ1v) is 4.77. The van der Waals surface area contributed by atoms with Gasteiger partial charge in [-0.1, -0.05) is 31.5 Å². The number of thiocyanates is 1. The van der Waals surface area contributed by atoms with Crippen LogP contribution in [0.2, 0.25) is 0 Å². The largest absolute Gasteiger partial charge is 0.185 e. The lowest BCUT2D eigenvalue weighted by molar-refractivity contribution is 1.38. The fourth-order valence-corrected chi connectivity index (χ4v) is 1.04. The highest BCUT2D eigenvalue weighted by Gasteiger charge is 1.89. The van der Waals surface area contributed by atoms with Gasteiger partial charge in [0.1, 0.15) is 5.40 Å². The van der Waals surface area contributed by atoms with Gasteiger partial charge in [0.2, 0.25) is 0 Å². The molecule has 2 heteroatoms. The topological polar surface area (TPSA) is 23.8 Å². The molecule has 12 heavy (non-hydrogen) atoms. The summed E-state index contributed by atoms with van der Waals surface area (Å²) in [7, 11) is 0. The Bertz CT molecular complexity index is 246. The molecule has 0 N–H and O–H groups in total. The summed E-state index contributed by atoms with van der Waals surface area (Å²) < 4.78 is 0. The average molecular weight is 179 g/mol. The molecule has 0 spiro atoms.